The molecule has 110 valence electrons. The van der Waals surface area contributed by atoms with Crippen LogP contribution in [0.5, 0.6) is 0 Å². The molecule has 0 bridgehead atoms. The van der Waals surface area contributed by atoms with E-state index in [-0.39, 0.29) is 6.04 Å². The standard InChI is InChI=1S/C20H25N/c1-15-9-11-16(12-10-15)13-19(21)14-18-7-4-6-17-5-2-3-8-20(17)18/h2-3,5,8-12,18-19H,4,6-7,13-14,21H2,1H3. The zero-order chi connectivity index (χ0) is 14.7. The van der Waals surface area contributed by atoms with Gasteiger partial charge < -0.3 is 5.73 Å². The average Bonchev–Trinajstić information content (AvgIpc) is 2.50. The maximum Gasteiger partial charge on any atom is 0.00851 e. The van der Waals surface area contributed by atoms with Gasteiger partial charge in [-0.3, -0.25) is 0 Å². The van der Waals surface area contributed by atoms with Crippen LogP contribution in [-0.4, -0.2) is 6.04 Å². The number of fused-ring (bicyclic) bond motifs is 1. The van der Waals surface area contributed by atoms with Gasteiger partial charge >= 0.3 is 0 Å². The molecule has 3 rings (SSSR count). The molecule has 0 heterocycles. The minimum absolute atomic E-state index is 0.254. The molecule has 0 amide bonds. The van der Waals surface area contributed by atoms with Crippen LogP contribution in [-0.2, 0) is 12.8 Å². The molecular weight excluding hydrogens is 254 g/mol. The van der Waals surface area contributed by atoms with Crippen molar-refractivity contribution >= 4 is 0 Å². The first-order chi connectivity index (χ1) is 10.2. The van der Waals surface area contributed by atoms with Gasteiger partial charge in [-0.25, -0.2) is 0 Å². The molecule has 0 aromatic heterocycles. The molecule has 0 spiro atoms. The predicted octanol–water partition coefficient (Wildman–Crippen LogP) is 4.38. The number of nitrogens with two attached hydrogens (primary N) is 1. The van der Waals surface area contributed by atoms with E-state index >= 15 is 0 Å². The fraction of sp³-hybridized carbons (Fsp3) is 0.400. The van der Waals surface area contributed by atoms with Gasteiger partial charge in [0.1, 0.15) is 0 Å². The maximum absolute atomic E-state index is 6.43. The summed E-state index contributed by atoms with van der Waals surface area (Å²) >= 11 is 0. The highest BCUT2D eigenvalue weighted by Crippen LogP contribution is 2.34. The molecule has 2 aromatic rings. The second kappa shape index (κ2) is 6.44. The lowest BCUT2D eigenvalue weighted by Crippen LogP contribution is -2.26. The SMILES string of the molecule is Cc1ccc(CC(N)CC2CCCc3ccccc32)cc1. The molecule has 0 fully saturated rings. The van der Waals surface area contributed by atoms with Crippen molar-refractivity contribution in [1.29, 1.82) is 0 Å². The van der Waals surface area contributed by atoms with Crippen molar-refractivity contribution in [2.24, 2.45) is 5.73 Å². The Balaban J connectivity index is 1.65. The summed E-state index contributed by atoms with van der Waals surface area (Å²) in [5.41, 5.74) is 12.2. The van der Waals surface area contributed by atoms with Crippen molar-refractivity contribution in [2.75, 3.05) is 0 Å². The van der Waals surface area contributed by atoms with Gasteiger partial charge in [-0.15, -0.1) is 0 Å². The summed E-state index contributed by atoms with van der Waals surface area (Å²) in [6.45, 7) is 2.13. The molecule has 2 N–H and O–H groups in total. The van der Waals surface area contributed by atoms with Crippen LogP contribution in [0.15, 0.2) is 48.5 Å². The van der Waals surface area contributed by atoms with Crippen LogP contribution < -0.4 is 5.73 Å². The van der Waals surface area contributed by atoms with Crippen LogP contribution in [0.1, 0.15) is 47.4 Å². The summed E-state index contributed by atoms with van der Waals surface area (Å²) < 4.78 is 0. The molecule has 1 aliphatic carbocycles. The fourth-order valence-electron chi connectivity index (χ4n) is 3.58. The van der Waals surface area contributed by atoms with Gasteiger partial charge in [0.2, 0.25) is 0 Å². The molecule has 0 saturated heterocycles. The van der Waals surface area contributed by atoms with E-state index in [4.69, 9.17) is 5.73 Å². The normalized spacial score (nSPS) is 19.0. The van der Waals surface area contributed by atoms with Gasteiger partial charge in [-0.2, -0.15) is 0 Å². The molecule has 0 aliphatic heterocycles. The second-order valence-electron chi connectivity index (χ2n) is 6.47. The monoisotopic (exact) mass is 279 g/mol. The van der Waals surface area contributed by atoms with Crippen LogP contribution in [0.4, 0.5) is 0 Å². The van der Waals surface area contributed by atoms with E-state index in [0.717, 1.165) is 12.8 Å². The van der Waals surface area contributed by atoms with Gasteiger partial charge in [0, 0.05) is 6.04 Å². The highest BCUT2D eigenvalue weighted by molar-refractivity contribution is 5.33. The summed E-state index contributed by atoms with van der Waals surface area (Å²) in [4.78, 5) is 0. The lowest BCUT2D eigenvalue weighted by Gasteiger charge is -2.27. The van der Waals surface area contributed by atoms with Crippen LogP contribution in [0.3, 0.4) is 0 Å². The molecule has 1 aliphatic rings. The molecule has 1 nitrogen and oxygen atoms in total. The minimum atomic E-state index is 0.254. The van der Waals surface area contributed by atoms with Crippen molar-refractivity contribution in [3.63, 3.8) is 0 Å². The van der Waals surface area contributed by atoms with Crippen LogP contribution in [0.25, 0.3) is 0 Å². The third-order valence-corrected chi connectivity index (χ3v) is 4.70. The second-order valence-corrected chi connectivity index (χ2v) is 6.47. The van der Waals surface area contributed by atoms with E-state index < -0.39 is 0 Å². The number of rotatable bonds is 4. The Morgan fingerprint density at radius 1 is 1.10 bits per heavy atom. The molecule has 2 atom stereocenters. The van der Waals surface area contributed by atoms with Crippen LogP contribution >= 0.6 is 0 Å². The van der Waals surface area contributed by atoms with Gasteiger partial charge in [-0.05, 0) is 61.6 Å². The van der Waals surface area contributed by atoms with E-state index in [9.17, 15) is 0 Å². The zero-order valence-corrected chi connectivity index (χ0v) is 12.9. The Hall–Kier alpha value is -1.60. The quantitative estimate of drug-likeness (QED) is 0.883. The summed E-state index contributed by atoms with van der Waals surface area (Å²) in [5.74, 6) is 0.649. The number of hydrogen-bond acceptors (Lipinski definition) is 1. The third-order valence-electron chi connectivity index (χ3n) is 4.70. The number of hydrogen-bond donors (Lipinski definition) is 1. The third kappa shape index (κ3) is 3.54. The molecule has 2 aromatic carbocycles. The van der Waals surface area contributed by atoms with Gasteiger partial charge in [0.15, 0.2) is 0 Å². The molecule has 2 unspecified atom stereocenters. The average molecular weight is 279 g/mol. The van der Waals surface area contributed by atoms with Crippen molar-refractivity contribution in [2.45, 2.75) is 51.0 Å². The van der Waals surface area contributed by atoms with E-state index in [1.54, 1.807) is 5.56 Å². The summed E-state index contributed by atoms with van der Waals surface area (Å²) in [7, 11) is 0. The van der Waals surface area contributed by atoms with Crippen molar-refractivity contribution < 1.29 is 0 Å². The Kier molecular flexibility index (Phi) is 4.40. The zero-order valence-electron chi connectivity index (χ0n) is 12.9. The molecule has 21 heavy (non-hydrogen) atoms. The first kappa shape index (κ1) is 14.3. The molecule has 0 saturated carbocycles. The van der Waals surface area contributed by atoms with Crippen molar-refractivity contribution in [3.05, 3.63) is 70.8 Å². The van der Waals surface area contributed by atoms with Crippen molar-refractivity contribution in [3.8, 4) is 0 Å². The highest BCUT2D eigenvalue weighted by Gasteiger charge is 2.21. The minimum Gasteiger partial charge on any atom is -0.327 e. The Bertz CT molecular complexity index is 585. The van der Waals surface area contributed by atoms with Crippen molar-refractivity contribution in [1.82, 2.24) is 0 Å². The summed E-state index contributed by atoms with van der Waals surface area (Å²) in [6, 6.07) is 18.0. The summed E-state index contributed by atoms with van der Waals surface area (Å²) in [5, 5.41) is 0. The summed E-state index contributed by atoms with van der Waals surface area (Å²) in [6.07, 6.45) is 5.92. The molecule has 1 heteroatoms. The van der Waals surface area contributed by atoms with E-state index in [1.807, 2.05) is 0 Å². The maximum atomic E-state index is 6.43. The Labute approximate surface area is 128 Å². The number of benzene rings is 2. The molecular formula is C20H25N. The number of aryl methyl sites for hydroxylation is 2. The lowest BCUT2D eigenvalue weighted by molar-refractivity contribution is 0.466. The smallest absolute Gasteiger partial charge is 0.00851 e. The van der Waals surface area contributed by atoms with Gasteiger partial charge in [0.25, 0.3) is 0 Å². The lowest BCUT2D eigenvalue weighted by atomic mass is 9.79. The van der Waals surface area contributed by atoms with Crippen LogP contribution in [0.2, 0.25) is 0 Å². The topological polar surface area (TPSA) is 26.0 Å². The van der Waals surface area contributed by atoms with Gasteiger partial charge in [-0.1, -0.05) is 54.1 Å². The van der Waals surface area contributed by atoms with Gasteiger partial charge in [0.05, 0.1) is 0 Å². The highest BCUT2D eigenvalue weighted by atomic mass is 14.6. The van der Waals surface area contributed by atoms with Crippen LogP contribution in [0, 0.1) is 6.92 Å². The Morgan fingerprint density at radius 2 is 1.86 bits per heavy atom. The largest absolute Gasteiger partial charge is 0.327 e. The van der Waals surface area contributed by atoms with E-state index in [2.05, 4.69) is 55.5 Å². The first-order valence-corrected chi connectivity index (χ1v) is 8.11. The van der Waals surface area contributed by atoms with E-state index in [1.165, 1.54) is 36.0 Å². The fourth-order valence-corrected chi connectivity index (χ4v) is 3.58. The van der Waals surface area contributed by atoms with E-state index in [0.29, 0.717) is 5.92 Å². The Morgan fingerprint density at radius 3 is 2.67 bits per heavy atom. The predicted molar refractivity (Wildman–Crippen MR) is 89.6 cm³/mol. The first-order valence-electron chi connectivity index (χ1n) is 8.11. The molecule has 0 radical (unpaired) electrons.